The van der Waals surface area contributed by atoms with Crippen LogP contribution >= 0.6 is 7.82 Å². The summed E-state index contributed by atoms with van der Waals surface area (Å²) in [7, 11) is 1.14. The van der Waals surface area contributed by atoms with Gasteiger partial charge in [0.05, 0.1) is 27.7 Å². The molecule has 0 aromatic carbocycles. The number of quaternary nitrogens is 1. The summed E-state index contributed by atoms with van der Waals surface area (Å²) < 4.78 is 34.1. The van der Waals surface area contributed by atoms with E-state index in [1.54, 1.807) is 0 Å². The summed E-state index contributed by atoms with van der Waals surface area (Å²) in [6.07, 6.45) is 85.1. The predicted molar refractivity (Wildman–Crippen MR) is 337 cm³/mol. The molecule has 10 heteroatoms. The van der Waals surface area contributed by atoms with Gasteiger partial charge in [0.25, 0.3) is 7.82 Å². The molecular formula is C69H116NO8P. The number of allylic oxidation sites excluding steroid dienone is 22. The van der Waals surface area contributed by atoms with Crippen molar-refractivity contribution in [1.82, 2.24) is 0 Å². The molecule has 0 aliphatic rings. The fourth-order valence-electron chi connectivity index (χ4n) is 8.09. The Morgan fingerprint density at radius 3 is 1.08 bits per heavy atom. The molecule has 0 N–H and O–H groups in total. The average Bonchev–Trinajstić information content (AvgIpc) is 3.41. The quantitative estimate of drug-likeness (QED) is 0.0195. The highest BCUT2D eigenvalue weighted by molar-refractivity contribution is 7.45. The van der Waals surface area contributed by atoms with Crippen LogP contribution in [0.25, 0.3) is 0 Å². The minimum Gasteiger partial charge on any atom is -0.756 e. The van der Waals surface area contributed by atoms with Gasteiger partial charge in [-0.05, 0) is 116 Å². The maximum Gasteiger partial charge on any atom is 0.306 e. The van der Waals surface area contributed by atoms with E-state index < -0.39 is 32.5 Å². The summed E-state index contributed by atoms with van der Waals surface area (Å²) in [5.74, 6) is -0.858. The highest BCUT2D eigenvalue weighted by atomic mass is 31.2. The van der Waals surface area contributed by atoms with Crippen LogP contribution in [0.5, 0.6) is 0 Å². The molecule has 0 spiro atoms. The van der Waals surface area contributed by atoms with Gasteiger partial charge in [0.2, 0.25) is 0 Å². The first-order valence-corrected chi connectivity index (χ1v) is 32.9. The number of likely N-dealkylation sites (N-methyl/N-ethyl adjacent to an activating group) is 1. The van der Waals surface area contributed by atoms with Gasteiger partial charge < -0.3 is 27.9 Å². The smallest absolute Gasteiger partial charge is 0.306 e. The fraction of sp³-hybridized carbons (Fsp3) is 0.652. The predicted octanol–water partition coefficient (Wildman–Crippen LogP) is 19.5. The van der Waals surface area contributed by atoms with Crippen molar-refractivity contribution in [3.63, 3.8) is 0 Å². The molecule has 79 heavy (non-hydrogen) atoms. The highest BCUT2D eigenvalue weighted by Gasteiger charge is 2.22. The molecule has 0 aliphatic carbocycles. The van der Waals surface area contributed by atoms with Crippen LogP contribution < -0.4 is 4.89 Å². The minimum atomic E-state index is -4.65. The zero-order chi connectivity index (χ0) is 57.7. The van der Waals surface area contributed by atoms with Crippen LogP contribution in [0, 0.1) is 0 Å². The van der Waals surface area contributed by atoms with Crippen LogP contribution in [0.4, 0.5) is 0 Å². The van der Waals surface area contributed by atoms with E-state index in [1.807, 2.05) is 21.1 Å². The number of unbranched alkanes of at least 4 members (excludes halogenated alkanes) is 20. The molecule has 0 amide bonds. The number of nitrogens with zero attached hydrogens (tertiary/aromatic N) is 1. The molecule has 0 aromatic heterocycles. The summed E-state index contributed by atoms with van der Waals surface area (Å²) in [5.41, 5.74) is 0. The Morgan fingerprint density at radius 1 is 0.405 bits per heavy atom. The van der Waals surface area contributed by atoms with Crippen molar-refractivity contribution in [3.8, 4) is 0 Å². The van der Waals surface area contributed by atoms with E-state index in [1.165, 1.54) is 77.0 Å². The summed E-state index contributed by atoms with van der Waals surface area (Å²) in [4.78, 5) is 37.9. The Labute approximate surface area is 485 Å². The van der Waals surface area contributed by atoms with Crippen LogP contribution in [-0.4, -0.2) is 70.0 Å². The molecule has 9 nitrogen and oxygen atoms in total. The second kappa shape index (κ2) is 58.8. The monoisotopic (exact) mass is 1120 g/mol. The number of esters is 2. The van der Waals surface area contributed by atoms with E-state index in [0.717, 1.165) is 122 Å². The minimum absolute atomic E-state index is 0.0396. The van der Waals surface area contributed by atoms with Gasteiger partial charge in [-0.2, -0.15) is 0 Å². The number of carbonyl (C=O) groups excluding carboxylic acids is 2. The van der Waals surface area contributed by atoms with E-state index in [4.69, 9.17) is 18.5 Å². The Kier molecular flexibility index (Phi) is 55.9. The molecule has 2 atom stereocenters. The number of carbonyl (C=O) groups is 2. The van der Waals surface area contributed by atoms with Gasteiger partial charge in [-0.3, -0.25) is 14.2 Å². The number of hydrogen-bond acceptors (Lipinski definition) is 8. The number of ether oxygens (including phenoxy) is 2. The van der Waals surface area contributed by atoms with Crippen molar-refractivity contribution in [3.05, 3.63) is 134 Å². The molecule has 450 valence electrons. The molecule has 0 radical (unpaired) electrons. The lowest BCUT2D eigenvalue weighted by Gasteiger charge is -2.28. The standard InChI is InChI=1S/C69H116NO8P/c1-6-8-10-12-14-16-18-20-22-24-25-26-27-28-29-30-31-32-33-34-35-36-37-38-39-40-41-42-43-44-45-46-48-50-52-54-56-58-60-62-69(72)78-67(66-77-79(73,74)76-64-63-70(3,4)5)65-75-68(71)61-59-57-55-53-51-49-47-23-21-19-17-15-13-11-9-7-2/h8,10,14,16-17,19-20,22-23,25-26,28-29,31-32,34-35,37-38,40-41,47,67H,6-7,9,11-13,15,18,21,24,27,30,33,36,39,42-46,48-66H2,1-5H3/b10-8-,16-14-,19-17-,22-20-,26-25-,29-28-,32-31-,35-34-,38-37-,41-40-,47-23-. The Balaban J connectivity index is 4.10. The third kappa shape index (κ3) is 63.2. The fourth-order valence-corrected chi connectivity index (χ4v) is 8.82. The molecule has 0 aliphatic heterocycles. The van der Waals surface area contributed by atoms with E-state index in [2.05, 4.69) is 148 Å². The second-order valence-corrected chi connectivity index (χ2v) is 23.1. The number of phosphoric ester groups is 1. The molecule has 0 fully saturated rings. The zero-order valence-corrected chi connectivity index (χ0v) is 51.9. The van der Waals surface area contributed by atoms with Gasteiger partial charge in [0.15, 0.2) is 6.10 Å². The first-order chi connectivity index (χ1) is 38.5. The van der Waals surface area contributed by atoms with Crippen molar-refractivity contribution in [2.75, 3.05) is 47.5 Å². The maximum absolute atomic E-state index is 12.8. The molecular weight excluding hydrogens is 1000 g/mol. The second-order valence-electron chi connectivity index (χ2n) is 21.7. The maximum atomic E-state index is 12.8. The lowest BCUT2D eigenvalue weighted by Crippen LogP contribution is -2.37. The summed E-state index contributed by atoms with van der Waals surface area (Å²) in [5, 5.41) is 0. The molecule has 0 heterocycles. The summed E-state index contributed by atoms with van der Waals surface area (Å²) in [6.45, 7) is 4.08. The third-order valence-corrected chi connectivity index (χ3v) is 13.9. The number of rotatable bonds is 56. The van der Waals surface area contributed by atoms with E-state index in [-0.39, 0.29) is 26.1 Å². The zero-order valence-electron chi connectivity index (χ0n) is 51.0. The van der Waals surface area contributed by atoms with Crippen LogP contribution in [0.3, 0.4) is 0 Å². The molecule has 0 saturated heterocycles. The van der Waals surface area contributed by atoms with Gasteiger partial charge >= 0.3 is 11.9 Å². The number of phosphoric acid groups is 1. The van der Waals surface area contributed by atoms with Crippen molar-refractivity contribution in [1.29, 1.82) is 0 Å². The van der Waals surface area contributed by atoms with Crippen LogP contribution in [0.15, 0.2) is 134 Å². The van der Waals surface area contributed by atoms with E-state index in [0.29, 0.717) is 23.9 Å². The Hall–Kier alpha value is -3.85. The highest BCUT2D eigenvalue weighted by Crippen LogP contribution is 2.38. The van der Waals surface area contributed by atoms with Gasteiger partial charge in [-0.15, -0.1) is 0 Å². The topological polar surface area (TPSA) is 111 Å². The summed E-state index contributed by atoms with van der Waals surface area (Å²) >= 11 is 0. The van der Waals surface area contributed by atoms with E-state index in [9.17, 15) is 19.0 Å². The van der Waals surface area contributed by atoms with Gasteiger partial charge in [-0.1, -0.05) is 244 Å². The Morgan fingerprint density at radius 2 is 0.722 bits per heavy atom. The first kappa shape index (κ1) is 75.2. The normalized spacial score (nSPS) is 14.2. The molecule has 0 aromatic rings. The largest absolute Gasteiger partial charge is 0.756 e. The molecule has 2 unspecified atom stereocenters. The van der Waals surface area contributed by atoms with Crippen molar-refractivity contribution < 1.29 is 42.1 Å². The first-order valence-electron chi connectivity index (χ1n) is 31.4. The van der Waals surface area contributed by atoms with E-state index >= 15 is 0 Å². The number of hydrogen-bond donors (Lipinski definition) is 0. The Bertz CT molecular complexity index is 1790. The average molecular weight is 1120 g/mol. The van der Waals surface area contributed by atoms with Crippen molar-refractivity contribution >= 4 is 19.8 Å². The molecule has 0 bridgehead atoms. The lowest BCUT2D eigenvalue weighted by atomic mass is 10.0. The van der Waals surface area contributed by atoms with Gasteiger partial charge in [0, 0.05) is 12.8 Å². The SMILES string of the molecule is CC/C=C\C/C=C\C/C=C\C/C=C\C/C=C\C/C=C\C/C=C\C/C=C\C/C=C\CCCCCCCCCCCCCC(=O)OC(COC(=O)CCCCCCC/C=C\C/C=C\CCCCCC)COP(=O)([O-])OCC[N+](C)(C)C. The van der Waals surface area contributed by atoms with Crippen molar-refractivity contribution in [2.24, 2.45) is 0 Å². The van der Waals surface area contributed by atoms with Crippen LogP contribution in [-0.2, 0) is 32.7 Å². The van der Waals surface area contributed by atoms with Gasteiger partial charge in [0.1, 0.15) is 19.8 Å². The molecule has 0 saturated carbocycles. The summed E-state index contributed by atoms with van der Waals surface area (Å²) in [6, 6.07) is 0. The lowest BCUT2D eigenvalue weighted by molar-refractivity contribution is -0.870. The molecule has 0 rings (SSSR count). The van der Waals surface area contributed by atoms with Crippen LogP contribution in [0.2, 0.25) is 0 Å². The van der Waals surface area contributed by atoms with Crippen LogP contribution in [0.1, 0.15) is 239 Å². The van der Waals surface area contributed by atoms with Gasteiger partial charge in [-0.25, -0.2) is 0 Å². The third-order valence-electron chi connectivity index (χ3n) is 12.9. The van der Waals surface area contributed by atoms with Crippen molar-refractivity contribution in [2.45, 2.75) is 245 Å².